The molecule has 2 heterocycles. The predicted octanol–water partition coefficient (Wildman–Crippen LogP) is 2.76. The first-order valence-corrected chi connectivity index (χ1v) is 8.62. The molecule has 0 unspecified atom stereocenters. The third-order valence-corrected chi connectivity index (χ3v) is 4.26. The molecule has 5 heteroatoms. The summed E-state index contributed by atoms with van der Waals surface area (Å²) >= 11 is 0. The van der Waals surface area contributed by atoms with Gasteiger partial charge in [-0.25, -0.2) is 4.98 Å². The third kappa shape index (κ3) is 5.50. The van der Waals surface area contributed by atoms with Gasteiger partial charge in [-0.3, -0.25) is 9.69 Å². The van der Waals surface area contributed by atoms with Crippen LogP contribution in [0.1, 0.15) is 52.4 Å². The van der Waals surface area contributed by atoms with Crippen molar-refractivity contribution in [2.24, 2.45) is 5.92 Å². The molecular weight excluding hydrogens is 288 g/mol. The fourth-order valence-corrected chi connectivity index (χ4v) is 3.16. The summed E-state index contributed by atoms with van der Waals surface area (Å²) in [4.78, 5) is 18.7. The van der Waals surface area contributed by atoms with Crippen LogP contribution in [0.5, 0.6) is 0 Å². The highest BCUT2D eigenvalue weighted by molar-refractivity contribution is 5.87. The average Bonchev–Trinajstić information content (AvgIpc) is 2.93. The van der Waals surface area contributed by atoms with Crippen molar-refractivity contribution >= 4 is 5.91 Å². The fraction of sp³-hybridized carbons (Fsp3) is 0.667. The third-order valence-electron chi connectivity index (χ3n) is 4.26. The van der Waals surface area contributed by atoms with Crippen LogP contribution in [0.25, 0.3) is 0 Å². The largest absolute Gasteiger partial charge is 0.352 e. The zero-order valence-electron chi connectivity index (χ0n) is 14.9. The van der Waals surface area contributed by atoms with Crippen molar-refractivity contribution in [3.63, 3.8) is 0 Å². The standard InChI is InChI=1S/C18H30N4O/c1-14(2)10-18(23)20-11-16-6-5-8-21(12-16)13-17-19-7-9-22(17)15(3)4/h7,9-10,15-16H,5-6,8,11-13H2,1-4H3,(H,20,23)/t16-/m1/s1. The molecule has 1 amide bonds. The summed E-state index contributed by atoms with van der Waals surface area (Å²) in [6.07, 6.45) is 7.98. The maximum Gasteiger partial charge on any atom is 0.243 e. The molecule has 0 spiro atoms. The first-order chi connectivity index (χ1) is 11.0. The topological polar surface area (TPSA) is 50.2 Å². The van der Waals surface area contributed by atoms with Crippen LogP contribution in [0.4, 0.5) is 0 Å². The van der Waals surface area contributed by atoms with Gasteiger partial charge in [0, 0.05) is 37.6 Å². The normalized spacial score (nSPS) is 18.9. The molecule has 0 saturated carbocycles. The fourth-order valence-electron chi connectivity index (χ4n) is 3.16. The first kappa shape index (κ1) is 17.7. The number of imidazole rings is 1. The molecule has 1 fully saturated rings. The Morgan fingerprint density at radius 3 is 2.96 bits per heavy atom. The summed E-state index contributed by atoms with van der Waals surface area (Å²) in [7, 11) is 0. The molecule has 0 aromatic carbocycles. The molecule has 1 aromatic rings. The van der Waals surface area contributed by atoms with Gasteiger partial charge in [0.25, 0.3) is 0 Å². The summed E-state index contributed by atoms with van der Waals surface area (Å²) in [5, 5.41) is 3.03. The molecule has 5 nitrogen and oxygen atoms in total. The van der Waals surface area contributed by atoms with Gasteiger partial charge in [0.2, 0.25) is 5.91 Å². The van der Waals surface area contributed by atoms with Crippen LogP contribution >= 0.6 is 0 Å². The Kier molecular flexibility index (Phi) is 6.39. The predicted molar refractivity (Wildman–Crippen MR) is 93.1 cm³/mol. The maximum absolute atomic E-state index is 11.7. The van der Waals surface area contributed by atoms with Crippen LogP contribution in [0.3, 0.4) is 0 Å². The van der Waals surface area contributed by atoms with E-state index < -0.39 is 0 Å². The number of amides is 1. The van der Waals surface area contributed by atoms with Crippen molar-refractivity contribution in [3.8, 4) is 0 Å². The van der Waals surface area contributed by atoms with Gasteiger partial charge < -0.3 is 9.88 Å². The van der Waals surface area contributed by atoms with Crippen LogP contribution in [0.2, 0.25) is 0 Å². The lowest BCUT2D eigenvalue weighted by molar-refractivity contribution is -0.116. The van der Waals surface area contributed by atoms with Crippen LogP contribution in [-0.2, 0) is 11.3 Å². The molecule has 1 aromatic heterocycles. The second kappa shape index (κ2) is 8.29. The summed E-state index contributed by atoms with van der Waals surface area (Å²) < 4.78 is 2.24. The Morgan fingerprint density at radius 2 is 2.26 bits per heavy atom. The zero-order valence-corrected chi connectivity index (χ0v) is 14.9. The number of allylic oxidation sites excluding steroid dienone is 1. The molecule has 0 aliphatic carbocycles. The highest BCUT2D eigenvalue weighted by Crippen LogP contribution is 2.18. The Labute approximate surface area is 139 Å². The van der Waals surface area contributed by atoms with Crippen molar-refractivity contribution in [3.05, 3.63) is 29.9 Å². The van der Waals surface area contributed by atoms with E-state index in [1.54, 1.807) is 6.08 Å². The SMILES string of the molecule is CC(C)=CC(=O)NC[C@H]1CCCN(Cc2nccn2C(C)C)C1. The molecular formula is C18H30N4O. The molecule has 2 rings (SSSR count). The number of nitrogens with zero attached hydrogens (tertiary/aromatic N) is 3. The summed E-state index contributed by atoms with van der Waals surface area (Å²) in [5.41, 5.74) is 1.04. The average molecular weight is 318 g/mol. The minimum Gasteiger partial charge on any atom is -0.352 e. The Morgan fingerprint density at radius 1 is 1.48 bits per heavy atom. The van der Waals surface area contributed by atoms with Gasteiger partial charge >= 0.3 is 0 Å². The second-order valence-corrected chi connectivity index (χ2v) is 7.05. The van der Waals surface area contributed by atoms with Crippen LogP contribution in [-0.4, -0.2) is 40.0 Å². The van der Waals surface area contributed by atoms with E-state index in [2.05, 4.69) is 39.8 Å². The number of likely N-dealkylation sites (tertiary alicyclic amines) is 1. The van der Waals surface area contributed by atoms with Crippen LogP contribution in [0.15, 0.2) is 24.0 Å². The van der Waals surface area contributed by atoms with Crippen molar-refractivity contribution in [1.82, 2.24) is 19.8 Å². The molecule has 1 N–H and O–H groups in total. The molecule has 23 heavy (non-hydrogen) atoms. The van der Waals surface area contributed by atoms with E-state index in [9.17, 15) is 4.79 Å². The second-order valence-electron chi connectivity index (χ2n) is 7.05. The molecule has 1 aliphatic heterocycles. The van der Waals surface area contributed by atoms with Gasteiger partial charge in [-0.1, -0.05) is 5.57 Å². The molecule has 1 saturated heterocycles. The summed E-state index contributed by atoms with van der Waals surface area (Å²) in [6, 6.07) is 0.441. The number of carbonyl (C=O) groups is 1. The van der Waals surface area contributed by atoms with Gasteiger partial charge in [0.1, 0.15) is 5.82 Å². The molecule has 0 bridgehead atoms. The van der Waals surface area contributed by atoms with Gasteiger partial charge in [-0.15, -0.1) is 0 Å². The molecule has 1 aliphatic rings. The van der Waals surface area contributed by atoms with E-state index in [1.165, 1.54) is 12.8 Å². The van der Waals surface area contributed by atoms with E-state index in [0.29, 0.717) is 12.0 Å². The van der Waals surface area contributed by atoms with Crippen molar-refractivity contribution in [2.75, 3.05) is 19.6 Å². The monoisotopic (exact) mass is 318 g/mol. The van der Waals surface area contributed by atoms with Crippen LogP contribution < -0.4 is 5.32 Å². The summed E-state index contributed by atoms with van der Waals surface area (Å²) in [6.45, 7) is 12.0. The molecule has 128 valence electrons. The van der Waals surface area contributed by atoms with Gasteiger partial charge in [-0.05, 0) is 53.0 Å². The van der Waals surface area contributed by atoms with E-state index in [4.69, 9.17) is 0 Å². The van der Waals surface area contributed by atoms with Gasteiger partial charge in [0.15, 0.2) is 0 Å². The lowest BCUT2D eigenvalue weighted by Gasteiger charge is -2.32. The smallest absolute Gasteiger partial charge is 0.243 e. The van der Waals surface area contributed by atoms with E-state index in [-0.39, 0.29) is 5.91 Å². The number of carbonyl (C=O) groups excluding carboxylic acids is 1. The number of hydrogen-bond acceptors (Lipinski definition) is 3. The highest BCUT2D eigenvalue weighted by atomic mass is 16.1. The van der Waals surface area contributed by atoms with E-state index >= 15 is 0 Å². The lowest BCUT2D eigenvalue weighted by Crippen LogP contribution is -2.40. The van der Waals surface area contributed by atoms with E-state index in [0.717, 1.165) is 37.6 Å². The van der Waals surface area contributed by atoms with Crippen molar-refractivity contribution < 1.29 is 4.79 Å². The van der Waals surface area contributed by atoms with E-state index in [1.807, 2.05) is 20.0 Å². The molecule has 0 radical (unpaired) electrons. The number of rotatable bonds is 6. The minimum absolute atomic E-state index is 0.0254. The highest BCUT2D eigenvalue weighted by Gasteiger charge is 2.21. The number of hydrogen-bond donors (Lipinski definition) is 1. The number of piperidine rings is 1. The van der Waals surface area contributed by atoms with Gasteiger partial charge in [0.05, 0.1) is 6.54 Å². The maximum atomic E-state index is 11.7. The number of aromatic nitrogens is 2. The van der Waals surface area contributed by atoms with Crippen LogP contribution in [0, 0.1) is 5.92 Å². The van der Waals surface area contributed by atoms with Crippen molar-refractivity contribution in [2.45, 2.75) is 53.1 Å². The zero-order chi connectivity index (χ0) is 16.8. The molecule has 1 atom stereocenters. The Hall–Kier alpha value is -1.62. The lowest BCUT2D eigenvalue weighted by atomic mass is 9.98. The quantitative estimate of drug-likeness (QED) is 0.821. The van der Waals surface area contributed by atoms with Gasteiger partial charge in [-0.2, -0.15) is 0 Å². The summed E-state index contributed by atoms with van der Waals surface area (Å²) in [5.74, 6) is 1.69. The Bertz CT molecular complexity index is 543. The first-order valence-electron chi connectivity index (χ1n) is 8.62. The Balaban J connectivity index is 1.85. The van der Waals surface area contributed by atoms with Crippen molar-refractivity contribution in [1.29, 1.82) is 0 Å². The number of nitrogens with one attached hydrogen (secondary N) is 1. The minimum atomic E-state index is 0.0254.